The van der Waals surface area contributed by atoms with E-state index in [0.29, 0.717) is 17.6 Å². The Morgan fingerprint density at radius 3 is 2.25 bits per heavy atom. The molecular weight excluding hydrogens is 539 g/mol. The van der Waals surface area contributed by atoms with E-state index in [9.17, 15) is 37.8 Å². The predicted molar refractivity (Wildman–Crippen MR) is 134 cm³/mol. The van der Waals surface area contributed by atoms with Gasteiger partial charge >= 0.3 is 12.1 Å². The molecule has 11 nitrogen and oxygen atoms in total. The Labute approximate surface area is 228 Å². The molecule has 14 heteroatoms. The number of carbonyl (C=O) groups excluding carboxylic acids is 3. The van der Waals surface area contributed by atoms with Gasteiger partial charge in [-0.2, -0.15) is 13.2 Å². The molecule has 0 fully saturated rings. The highest BCUT2D eigenvalue weighted by atomic mass is 19.4. The normalized spacial score (nSPS) is 18.8. The summed E-state index contributed by atoms with van der Waals surface area (Å²) in [6.45, 7) is 7.40. The van der Waals surface area contributed by atoms with Crippen LogP contribution >= 0.6 is 0 Å². The van der Waals surface area contributed by atoms with Gasteiger partial charge in [0.1, 0.15) is 12.2 Å². The van der Waals surface area contributed by atoms with Gasteiger partial charge in [-0.25, -0.2) is 4.79 Å². The Balaban J connectivity index is 1.37. The number of carbonyl (C=O) groups is 3. The van der Waals surface area contributed by atoms with Crippen LogP contribution in [0.15, 0.2) is 35.4 Å². The van der Waals surface area contributed by atoms with Crippen molar-refractivity contribution in [3.63, 3.8) is 0 Å². The van der Waals surface area contributed by atoms with Crippen molar-refractivity contribution in [2.45, 2.75) is 82.9 Å². The summed E-state index contributed by atoms with van der Waals surface area (Å²) in [6.07, 6.45) is -3.96. The van der Waals surface area contributed by atoms with Gasteiger partial charge in [0.25, 0.3) is 5.91 Å². The average molecular weight is 574 g/mol. The van der Waals surface area contributed by atoms with E-state index in [4.69, 9.17) is 14.3 Å². The smallest absolute Gasteiger partial charge is 0.416 e. The van der Waals surface area contributed by atoms with Crippen molar-refractivity contribution in [3.8, 4) is 11.8 Å². The lowest BCUT2D eigenvalue weighted by molar-refractivity contribution is -0.146. The number of hydrogen-bond acceptors (Lipinski definition) is 8. The second-order valence-electron chi connectivity index (χ2n) is 10.8. The number of ether oxygens (including phenoxy) is 2. The Hall–Kier alpha value is -3.52. The molecule has 222 valence electrons. The van der Waals surface area contributed by atoms with Gasteiger partial charge in [0.15, 0.2) is 0 Å². The highest BCUT2D eigenvalue weighted by Gasteiger charge is 2.51. The van der Waals surface area contributed by atoms with Crippen molar-refractivity contribution >= 4 is 17.8 Å². The third-order valence-electron chi connectivity index (χ3n) is 6.43. The van der Waals surface area contributed by atoms with Gasteiger partial charge in [0.2, 0.25) is 17.7 Å². The first kappa shape index (κ1) is 31.0. The molecule has 3 heterocycles. The Kier molecular flexibility index (Phi) is 9.24. The lowest BCUT2D eigenvalue weighted by Crippen LogP contribution is -2.47. The molecule has 0 aromatic carbocycles. The number of rotatable bonds is 13. The Morgan fingerprint density at radius 2 is 1.62 bits per heavy atom. The van der Waals surface area contributed by atoms with Crippen LogP contribution in [0.2, 0.25) is 0 Å². The second kappa shape index (κ2) is 11.9. The first-order valence-corrected chi connectivity index (χ1v) is 12.7. The van der Waals surface area contributed by atoms with Crippen molar-refractivity contribution < 1.29 is 52.1 Å². The quantitative estimate of drug-likeness (QED) is 0.263. The van der Waals surface area contributed by atoms with E-state index in [1.54, 1.807) is 27.7 Å². The number of aromatic nitrogens is 1. The number of hydrogen-bond donors (Lipinski definition) is 4. The maximum absolute atomic E-state index is 13.5. The van der Waals surface area contributed by atoms with Crippen LogP contribution in [0.3, 0.4) is 0 Å². The van der Waals surface area contributed by atoms with Crippen LogP contribution in [0, 0.1) is 0 Å². The van der Waals surface area contributed by atoms with E-state index in [2.05, 4.69) is 10.6 Å². The molecule has 0 saturated heterocycles. The molecule has 2 unspecified atom stereocenters. The van der Waals surface area contributed by atoms with Crippen LogP contribution in [-0.4, -0.2) is 75.4 Å². The zero-order valence-corrected chi connectivity index (χ0v) is 22.6. The Bertz CT molecular complexity index is 1170. The number of aromatic hydroxyl groups is 2. The maximum atomic E-state index is 13.5. The van der Waals surface area contributed by atoms with E-state index < -0.39 is 70.2 Å². The van der Waals surface area contributed by atoms with E-state index in [1.807, 2.05) is 0 Å². The fraction of sp³-hybridized carbons (Fsp3) is 0.577. The number of alkyl halides is 3. The lowest BCUT2D eigenvalue weighted by Gasteiger charge is -2.31. The van der Waals surface area contributed by atoms with Crippen LogP contribution in [0.1, 0.15) is 53.4 Å². The minimum Gasteiger partial charge on any atom is -0.492 e. The van der Waals surface area contributed by atoms with Gasteiger partial charge in [-0.1, -0.05) is 12.2 Å². The number of fused-ring (bicyclic) bond motifs is 2. The predicted octanol–water partition coefficient (Wildman–Crippen LogP) is 2.42. The molecule has 1 aromatic heterocycles. The minimum atomic E-state index is -4.68. The highest BCUT2D eigenvalue weighted by Crippen LogP contribution is 2.43. The van der Waals surface area contributed by atoms with E-state index in [-0.39, 0.29) is 26.0 Å². The van der Waals surface area contributed by atoms with Crippen molar-refractivity contribution in [1.82, 2.24) is 15.4 Å². The molecule has 2 aliphatic rings. The molecule has 2 atom stereocenters. The van der Waals surface area contributed by atoms with Crippen molar-refractivity contribution in [2.75, 3.05) is 13.2 Å². The third kappa shape index (κ3) is 8.01. The topological polar surface area (TPSA) is 148 Å². The largest absolute Gasteiger partial charge is 0.492 e. The molecule has 0 aliphatic carbocycles. The van der Waals surface area contributed by atoms with Crippen LogP contribution < -0.4 is 15.5 Å². The molecule has 2 aliphatic heterocycles. The summed E-state index contributed by atoms with van der Waals surface area (Å²) >= 11 is 0. The van der Waals surface area contributed by atoms with Gasteiger partial charge < -0.3 is 35.2 Å². The SMILES string of the molecule is CC(C)(CCOC(C)(C)CCNC(=O)CCC(=O)On1c(O)ccc1O)NC(=O)C1=C(C(F)(F)F)C2C=CC1O2. The van der Waals surface area contributed by atoms with Crippen molar-refractivity contribution in [3.05, 3.63) is 35.4 Å². The van der Waals surface area contributed by atoms with Crippen LogP contribution in [0.25, 0.3) is 0 Å². The molecule has 0 spiro atoms. The summed E-state index contributed by atoms with van der Waals surface area (Å²) in [7, 11) is 0. The van der Waals surface area contributed by atoms with Gasteiger partial charge in [-0.15, -0.1) is 4.73 Å². The van der Waals surface area contributed by atoms with Crippen LogP contribution in [0.4, 0.5) is 13.2 Å². The van der Waals surface area contributed by atoms with Crippen LogP contribution in [0.5, 0.6) is 11.8 Å². The molecule has 2 bridgehead atoms. The van der Waals surface area contributed by atoms with Crippen molar-refractivity contribution in [2.24, 2.45) is 0 Å². The van der Waals surface area contributed by atoms with E-state index in [1.165, 1.54) is 12.2 Å². The Morgan fingerprint density at radius 1 is 1.00 bits per heavy atom. The molecule has 3 rings (SSSR count). The number of nitrogens with zero attached hydrogens (tertiary/aromatic N) is 1. The summed E-state index contributed by atoms with van der Waals surface area (Å²) in [5.74, 6) is -3.01. The average Bonchev–Trinajstić information content (AvgIpc) is 3.53. The van der Waals surface area contributed by atoms with Crippen LogP contribution in [-0.2, 0) is 23.9 Å². The minimum absolute atomic E-state index is 0.175. The zero-order chi connectivity index (χ0) is 29.9. The van der Waals surface area contributed by atoms with Crippen molar-refractivity contribution in [1.29, 1.82) is 0 Å². The first-order valence-electron chi connectivity index (χ1n) is 12.7. The fourth-order valence-electron chi connectivity index (χ4n) is 4.19. The summed E-state index contributed by atoms with van der Waals surface area (Å²) < 4.78 is 52.1. The van der Waals surface area contributed by atoms with Gasteiger partial charge in [0, 0.05) is 37.2 Å². The van der Waals surface area contributed by atoms with E-state index in [0.717, 1.165) is 12.1 Å². The van der Waals surface area contributed by atoms with E-state index >= 15 is 0 Å². The molecule has 40 heavy (non-hydrogen) atoms. The fourth-order valence-corrected chi connectivity index (χ4v) is 4.19. The van der Waals surface area contributed by atoms with Gasteiger partial charge in [-0.3, -0.25) is 9.59 Å². The molecule has 0 radical (unpaired) electrons. The molecule has 4 N–H and O–H groups in total. The molecular formula is C26H34F3N3O8. The third-order valence-corrected chi connectivity index (χ3v) is 6.43. The summed E-state index contributed by atoms with van der Waals surface area (Å²) in [6, 6.07) is 2.27. The number of halogens is 3. The number of amides is 2. The standard InChI is InChI=1S/C26H34F3N3O8/c1-24(2,31-23(37)21-15-5-6-16(39-15)22(21)26(27,28)29)12-14-38-25(3,4)11-13-30-17(33)7-10-20(36)40-32-18(34)8-9-19(32)35/h5-6,8-9,15-16,34-35H,7,10-14H2,1-4H3,(H,30,33)(H,31,37). The monoisotopic (exact) mass is 573 g/mol. The molecule has 2 amide bonds. The summed E-state index contributed by atoms with van der Waals surface area (Å²) in [5.41, 5.74) is -2.94. The van der Waals surface area contributed by atoms with Gasteiger partial charge in [0.05, 0.1) is 23.2 Å². The number of nitrogens with one attached hydrogen (secondary N) is 2. The maximum Gasteiger partial charge on any atom is 0.416 e. The zero-order valence-electron chi connectivity index (χ0n) is 22.6. The highest BCUT2D eigenvalue weighted by molar-refractivity contribution is 5.97. The lowest BCUT2D eigenvalue weighted by atomic mass is 9.93. The molecule has 0 saturated carbocycles. The molecule has 1 aromatic rings. The summed E-state index contributed by atoms with van der Waals surface area (Å²) in [4.78, 5) is 41.4. The second-order valence-corrected chi connectivity index (χ2v) is 10.8. The first-order chi connectivity index (χ1) is 18.5. The van der Waals surface area contributed by atoms with Gasteiger partial charge in [-0.05, 0) is 40.5 Å². The summed E-state index contributed by atoms with van der Waals surface area (Å²) in [5, 5.41) is 24.3.